The molecule has 1 aromatic rings. The van der Waals surface area contributed by atoms with Gasteiger partial charge >= 0.3 is 0 Å². The van der Waals surface area contributed by atoms with Crippen LogP contribution in [0, 0.1) is 0 Å². The molecule has 0 unspecified atom stereocenters. The predicted molar refractivity (Wildman–Crippen MR) is 44.6 cm³/mol. The number of nitrogen functional groups attached to an aromatic ring is 1. The van der Waals surface area contributed by atoms with Crippen molar-refractivity contribution in [2.24, 2.45) is 0 Å². The van der Waals surface area contributed by atoms with Crippen molar-refractivity contribution in [1.29, 1.82) is 0 Å². The van der Waals surface area contributed by atoms with E-state index in [1.165, 1.54) is 6.20 Å². The number of aliphatic hydroxyl groups excluding tert-OH is 1. The van der Waals surface area contributed by atoms with Gasteiger partial charge in [0.25, 0.3) is 0 Å². The average molecular weight is 193 g/mol. The van der Waals surface area contributed by atoms with Crippen LogP contribution < -0.4 is 5.73 Å². The minimum absolute atomic E-state index is 0.181. The molecule has 0 fully saturated rings. The van der Waals surface area contributed by atoms with Crippen molar-refractivity contribution in [3.05, 3.63) is 21.8 Å². The molecule has 0 saturated heterocycles. The van der Waals surface area contributed by atoms with Crippen molar-refractivity contribution in [2.45, 2.75) is 6.61 Å². The quantitative estimate of drug-likeness (QED) is 0.709. The van der Waals surface area contributed by atoms with Crippen LogP contribution in [0.15, 0.2) is 6.20 Å². The van der Waals surface area contributed by atoms with Crippen molar-refractivity contribution in [3.8, 4) is 0 Å². The van der Waals surface area contributed by atoms with Gasteiger partial charge in [-0.15, -0.1) is 0 Å². The maximum atomic E-state index is 8.77. The van der Waals surface area contributed by atoms with E-state index >= 15 is 0 Å². The smallest absolute Gasteiger partial charge is 0.142 e. The fourth-order valence-corrected chi connectivity index (χ4v) is 1.13. The Morgan fingerprint density at radius 2 is 2.18 bits per heavy atom. The fraction of sp³-hybridized carbons (Fsp3) is 0.167. The standard InChI is InChI=1S/C6H6Cl2N2O/c7-4-1-10-6(9)5(8)3(4)2-11/h1,11H,2H2,(H2,9,10). The lowest BCUT2D eigenvalue weighted by Crippen LogP contribution is -1.96. The van der Waals surface area contributed by atoms with Gasteiger partial charge in [-0.3, -0.25) is 0 Å². The third-order valence-electron chi connectivity index (χ3n) is 1.25. The first-order valence-corrected chi connectivity index (χ1v) is 3.61. The second kappa shape index (κ2) is 3.26. The number of halogens is 2. The summed E-state index contributed by atoms with van der Waals surface area (Å²) in [6, 6.07) is 0. The Kier molecular flexibility index (Phi) is 2.54. The van der Waals surface area contributed by atoms with Gasteiger partial charge in [-0.2, -0.15) is 0 Å². The van der Waals surface area contributed by atoms with Crippen LogP contribution in [0.1, 0.15) is 5.56 Å². The van der Waals surface area contributed by atoms with E-state index in [2.05, 4.69) is 4.98 Å². The van der Waals surface area contributed by atoms with Crippen LogP contribution in [0.5, 0.6) is 0 Å². The molecule has 0 aliphatic rings. The normalized spacial score (nSPS) is 10.1. The predicted octanol–water partition coefficient (Wildman–Crippen LogP) is 1.46. The highest BCUT2D eigenvalue weighted by Gasteiger charge is 2.07. The molecule has 0 atom stereocenters. The number of nitrogens with two attached hydrogens (primary N) is 1. The van der Waals surface area contributed by atoms with Crippen LogP contribution in [-0.4, -0.2) is 10.1 Å². The molecule has 0 bridgehead atoms. The first-order valence-electron chi connectivity index (χ1n) is 2.86. The molecule has 1 heterocycles. The van der Waals surface area contributed by atoms with Crippen molar-refractivity contribution in [2.75, 3.05) is 5.73 Å². The van der Waals surface area contributed by atoms with Crippen molar-refractivity contribution in [1.82, 2.24) is 4.98 Å². The summed E-state index contributed by atoms with van der Waals surface area (Å²) in [5, 5.41) is 9.32. The molecule has 3 N–H and O–H groups in total. The molecule has 11 heavy (non-hydrogen) atoms. The molecule has 0 aliphatic heterocycles. The Morgan fingerprint density at radius 1 is 1.55 bits per heavy atom. The van der Waals surface area contributed by atoms with Crippen LogP contribution in [-0.2, 0) is 6.61 Å². The Balaban J connectivity index is 3.29. The maximum Gasteiger partial charge on any atom is 0.142 e. The lowest BCUT2D eigenvalue weighted by molar-refractivity contribution is 0.282. The number of anilines is 1. The third-order valence-corrected chi connectivity index (χ3v) is 2.00. The van der Waals surface area contributed by atoms with Crippen molar-refractivity contribution in [3.63, 3.8) is 0 Å². The first kappa shape index (κ1) is 8.59. The maximum absolute atomic E-state index is 8.77. The molecule has 0 amide bonds. The summed E-state index contributed by atoms with van der Waals surface area (Å²) >= 11 is 11.3. The number of hydrogen-bond donors (Lipinski definition) is 2. The molecule has 0 aromatic carbocycles. The van der Waals surface area contributed by atoms with E-state index in [0.29, 0.717) is 10.6 Å². The van der Waals surface area contributed by atoms with E-state index in [-0.39, 0.29) is 17.4 Å². The summed E-state index contributed by atoms with van der Waals surface area (Å²) in [6.45, 7) is -0.232. The van der Waals surface area contributed by atoms with E-state index in [4.69, 9.17) is 34.0 Å². The van der Waals surface area contributed by atoms with Crippen LogP contribution >= 0.6 is 23.2 Å². The van der Waals surface area contributed by atoms with Crippen LogP contribution in [0.25, 0.3) is 0 Å². The fourth-order valence-electron chi connectivity index (χ4n) is 0.665. The molecule has 60 valence electrons. The van der Waals surface area contributed by atoms with E-state index in [0.717, 1.165) is 0 Å². The zero-order valence-electron chi connectivity index (χ0n) is 5.51. The third kappa shape index (κ3) is 1.56. The lowest BCUT2D eigenvalue weighted by Gasteiger charge is -2.03. The second-order valence-electron chi connectivity index (χ2n) is 1.94. The zero-order chi connectivity index (χ0) is 8.43. The molecular formula is C6H6Cl2N2O. The molecule has 0 aliphatic carbocycles. The number of hydrogen-bond acceptors (Lipinski definition) is 3. The van der Waals surface area contributed by atoms with Crippen LogP contribution in [0.2, 0.25) is 10.0 Å². The Hall–Kier alpha value is -0.510. The van der Waals surface area contributed by atoms with Crippen molar-refractivity contribution < 1.29 is 5.11 Å². The van der Waals surface area contributed by atoms with Gasteiger partial charge in [0, 0.05) is 11.8 Å². The highest BCUT2D eigenvalue weighted by atomic mass is 35.5. The van der Waals surface area contributed by atoms with Gasteiger partial charge in [0.1, 0.15) is 5.82 Å². The number of pyridine rings is 1. The van der Waals surface area contributed by atoms with Gasteiger partial charge in [-0.25, -0.2) is 4.98 Å². The molecule has 0 radical (unpaired) electrons. The molecular weight excluding hydrogens is 187 g/mol. The number of rotatable bonds is 1. The second-order valence-corrected chi connectivity index (χ2v) is 2.73. The SMILES string of the molecule is Nc1ncc(Cl)c(CO)c1Cl. The average Bonchev–Trinajstić information content (AvgIpc) is 1.99. The van der Waals surface area contributed by atoms with E-state index in [1.54, 1.807) is 0 Å². The lowest BCUT2D eigenvalue weighted by atomic mass is 10.3. The highest BCUT2D eigenvalue weighted by Crippen LogP contribution is 2.27. The minimum atomic E-state index is -0.232. The molecule has 0 saturated carbocycles. The van der Waals surface area contributed by atoms with Crippen LogP contribution in [0.3, 0.4) is 0 Å². The summed E-state index contributed by atoms with van der Waals surface area (Å²) in [7, 11) is 0. The van der Waals surface area contributed by atoms with E-state index < -0.39 is 0 Å². The van der Waals surface area contributed by atoms with Gasteiger partial charge < -0.3 is 10.8 Å². The largest absolute Gasteiger partial charge is 0.392 e. The molecule has 0 spiro atoms. The Morgan fingerprint density at radius 3 is 2.64 bits per heavy atom. The summed E-state index contributed by atoms with van der Waals surface area (Å²) in [6.07, 6.45) is 1.36. The molecule has 1 aromatic heterocycles. The molecule has 1 rings (SSSR count). The van der Waals surface area contributed by atoms with Gasteiger partial charge in [0.15, 0.2) is 0 Å². The van der Waals surface area contributed by atoms with Crippen molar-refractivity contribution >= 4 is 29.0 Å². The van der Waals surface area contributed by atoms with Crippen LogP contribution in [0.4, 0.5) is 5.82 Å². The van der Waals surface area contributed by atoms with E-state index in [1.807, 2.05) is 0 Å². The first-order chi connectivity index (χ1) is 5.16. The summed E-state index contributed by atoms with van der Waals surface area (Å²) in [4.78, 5) is 3.69. The summed E-state index contributed by atoms with van der Waals surface area (Å²) in [5.41, 5.74) is 5.77. The molecule has 3 nitrogen and oxygen atoms in total. The number of nitrogens with zero attached hydrogens (tertiary/aromatic N) is 1. The van der Waals surface area contributed by atoms with Gasteiger partial charge in [0.05, 0.1) is 16.7 Å². The number of aromatic nitrogens is 1. The molecule has 5 heteroatoms. The Bertz CT molecular complexity index is 278. The summed E-state index contributed by atoms with van der Waals surface area (Å²) < 4.78 is 0. The highest BCUT2D eigenvalue weighted by molar-refractivity contribution is 6.37. The summed E-state index contributed by atoms with van der Waals surface area (Å²) in [5.74, 6) is 0.181. The monoisotopic (exact) mass is 192 g/mol. The zero-order valence-corrected chi connectivity index (χ0v) is 7.02. The van der Waals surface area contributed by atoms with Gasteiger partial charge in [-0.05, 0) is 0 Å². The Labute approximate surface area is 73.8 Å². The van der Waals surface area contributed by atoms with Gasteiger partial charge in [0.2, 0.25) is 0 Å². The number of aliphatic hydroxyl groups is 1. The van der Waals surface area contributed by atoms with E-state index in [9.17, 15) is 0 Å². The van der Waals surface area contributed by atoms with Gasteiger partial charge in [-0.1, -0.05) is 23.2 Å². The topological polar surface area (TPSA) is 59.1 Å². The minimum Gasteiger partial charge on any atom is -0.392 e.